The van der Waals surface area contributed by atoms with Gasteiger partial charge >= 0.3 is 12.1 Å². The number of alkyl halides is 3. The van der Waals surface area contributed by atoms with Gasteiger partial charge in [-0.15, -0.1) is 4.72 Å². The van der Waals surface area contributed by atoms with Gasteiger partial charge < -0.3 is 9.29 Å². The van der Waals surface area contributed by atoms with E-state index >= 15 is 0 Å². The molecule has 0 aliphatic carbocycles. The Hall–Kier alpha value is -2.10. The fraction of sp³-hybridized carbons (Fsp3) is 0.455. The molecule has 0 saturated carbocycles. The maximum Gasteiger partial charge on any atom is 0.433 e. The van der Waals surface area contributed by atoms with Gasteiger partial charge in [0.1, 0.15) is 16.5 Å². The molecule has 0 saturated heterocycles. The van der Waals surface area contributed by atoms with Gasteiger partial charge in [0.25, 0.3) is 0 Å². The van der Waals surface area contributed by atoms with E-state index in [9.17, 15) is 22.5 Å². The Morgan fingerprint density at radius 1 is 1.19 bits per heavy atom. The van der Waals surface area contributed by atoms with Gasteiger partial charge in [0.2, 0.25) is 0 Å². The number of esters is 1. The monoisotopic (exact) mass is 456 g/mol. The van der Waals surface area contributed by atoms with Gasteiger partial charge in [-0.2, -0.15) is 13.2 Å². The Labute approximate surface area is 183 Å². The number of aryl methyl sites for hydroxylation is 2. The molecule has 1 unspecified atom stereocenters. The van der Waals surface area contributed by atoms with Gasteiger partial charge in [-0.25, -0.2) is 4.98 Å². The number of methoxy groups -OCH3 is 1. The normalized spacial score (nSPS) is 14.3. The number of rotatable bonds is 6. The topological polar surface area (TPSA) is 74.3 Å². The van der Waals surface area contributed by atoms with E-state index in [2.05, 4.69) is 9.71 Å². The van der Waals surface area contributed by atoms with Crippen molar-refractivity contribution in [2.24, 2.45) is 0 Å². The van der Waals surface area contributed by atoms with Crippen molar-refractivity contribution in [2.75, 3.05) is 7.11 Å². The molecule has 1 heterocycles. The first-order valence-electron chi connectivity index (χ1n) is 9.64. The molecule has 1 aromatic heterocycles. The van der Waals surface area contributed by atoms with Gasteiger partial charge in [0.15, 0.2) is 0 Å². The van der Waals surface area contributed by atoms with Crippen molar-refractivity contribution in [1.29, 1.82) is 0 Å². The van der Waals surface area contributed by atoms with E-state index < -0.39 is 40.0 Å². The van der Waals surface area contributed by atoms with Crippen LogP contribution in [0.2, 0.25) is 0 Å². The standard InChI is InChI=1S/C22H27F3N2O3S/c1-13-8-7-9-14(2)20(13)15-10-16(26-18(11-15)22(23,24)25)17(12-19(28)30-6)27-31(29)21(3,4)5/h7-11,17,27H,12H2,1-6H3/t17-,31?/m0/s1. The lowest BCUT2D eigenvalue weighted by atomic mass is 9.94. The number of hydrogen-bond donors (Lipinski definition) is 1. The highest BCUT2D eigenvalue weighted by atomic mass is 32.2. The number of ether oxygens (including phenoxy) is 1. The average molecular weight is 457 g/mol. The summed E-state index contributed by atoms with van der Waals surface area (Å²) in [6.07, 6.45) is -5.01. The van der Waals surface area contributed by atoms with Crippen LogP contribution >= 0.6 is 0 Å². The van der Waals surface area contributed by atoms with Gasteiger partial charge in [0, 0.05) is 11.4 Å². The molecule has 0 bridgehead atoms. The second kappa shape index (κ2) is 9.58. The highest BCUT2D eigenvalue weighted by molar-refractivity contribution is 7.90. The second-order valence-corrected chi connectivity index (χ2v) is 10.3. The SMILES string of the molecule is COC(=O)C[C@H](N[S+]([O-])C(C)(C)C)c1cc(-c2c(C)cccc2C)cc(C(F)(F)F)n1. The summed E-state index contributed by atoms with van der Waals surface area (Å²) in [5.74, 6) is -0.656. The fourth-order valence-corrected chi connectivity index (χ4v) is 3.87. The molecule has 2 rings (SSSR count). The summed E-state index contributed by atoms with van der Waals surface area (Å²) in [5, 5.41) is 0. The van der Waals surface area contributed by atoms with Crippen molar-refractivity contribution in [2.45, 2.75) is 58.0 Å². The number of carbonyl (C=O) groups is 1. The zero-order valence-electron chi connectivity index (χ0n) is 18.4. The molecule has 0 spiro atoms. The van der Waals surface area contributed by atoms with Gasteiger partial charge in [-0.3, -0.25) is 4.79 Å². The number of nitrogens with zero attached hydrogens (tertiary/aromatic N) is 1. The Balaban J connectivity index is 2.68. The first-order valence-corrected chi connectivity index (χ1v) is 10.8. The highest BCUT2D eigenvalue weighted by Gasteiger charge is 2.36. The molecule has 1 N–H and O–H groups in total. The van der Waals surface area contributed by atoms with E-state index in [1.807, 2.05) is 32.0 Å². The number of hydrogen-bond acceptors (Lipinski definition) is 5. The molecule has 31 heavy (non-hydrogen) atoms. The lowest BCUT2D eigenvalue weighted by Gasteiger charge is -2.28. The molecular weight excluding hydrogens is 429 g/mol. The van der Waals surface area contributed by atoms with Crippen LogP contribution in [-0.4, -0.2) is 27.4 Å². The van der Waals surface area contributed by atoms with Crippen molar-refractivity contribution in [3.8, 4) is 11.1 Å². The van der Waals surface area contributed by atoms with Gasteiger partial charge in [0.05, 0.1) is 19.2 Å². The predicted molar refractivity (Wildman–Crippen MR) is 115 cm³/mol. The summed E-state index contributed by atoms with van der Waals surface area (Å²) in [7, 11) is 1.18. The number of nitrogens with one attached hydrogen (secondary N) is 1. The average Bonchev–Trinajstić information content (AvgIpc) is 2.65. The maximum absolute atomic E-state index is 13.7. The first-order chi connectivity index (χ1) is 14.2. The molecule has 0 aliphatic heterocycles. The number of halogens is 3. The van der Waals surface area contributed by atoms with Crippen LogP contribution in [0.3, 0.4) is 0 Å². The molecule has 0 fully saturated rings. The van der Waals surface area contributed by atoms with Crippen LogP contribution < -0.4 is 4.72 Å². The van der Waals surface area contributed by atoms with Crippen LogP contribution in [0, 0.1) is 13.8 Å². The van der Waals surface area contributed by atoms with E-state index in [1.165, 1.54) is 13.2 Å². The maximum atomic E-state index is 13.7. The molecule has 0 radical (unpaired) electrons. The van der Waals surface area contributed by atoms with Crippen molar-refractivity contribution in [3.05, 3.63) is 52.8 Å². The minimum atomic E-state index is -4.69. The van der Waals surface area contributed by atoms with Crippen molar-refractivity contribution >= 4 is 17.3 Å². The minimum Gasteiger partial charge on any atom is -0.598 e. The summed E-state index contributed by atoms with van der Waals surface area (Å²) >= 11 is -1.65. The van der Waals surface area contributed by atoms with Crippen molar-refractivity contribution in [3.63, 3.8) is 0 Å². The van der Waals surface area contributed by atoms with Crippen LogP contribution in [0.4, 0.5) is 13.2 Å². The lowest BCUT2D eigenvalue weighted by Crippen LogP contribution is -2.42. The van der Waals surface area contributed by atoms with Crippen LogP contribution in [-0.2, 0) is 27.1 Å². The Bertz CT molecular complexity index is 922. The van der Waals surface area contributed by atoms with Gasteiger partial charge in [-0.1, -0.05) is 18.2 Å². The third-order valence-electron chi connectivity index (χ3n) is 4.67. The van der Waals surface area contributed by atoms with Crippen LogP contribution in [0.5, 0.6) is 0 Å². The Morgan fingerprint density at radius 3 is 2.26 bits per heavy atom. The molecule has 9 heteroatoms. The number of pyridine rings is 1. The largest absolute Gasteiger partial charge is 0.598 e. The van der Waals surface area contributed by atoms with E-state index in [4.69, 9.17) is 4.74 Å². The molecule has 170 valence electrons. The smallest absolute Gasteiger partial charge is 0.433 e. The number of carbonyl (C=O) groups excluding carboxylic acids is 1. The summed E-state index contributed by atoms with van der Waals surface area (Å²) < 4.78 is 60.4. The molecular formula is C22H27F3N2O3S. The third kappa shape index (κ3) is 6.44. The minimum absolute atomic E-state index is 0.0320. The Kier molecular flexibility index (Phi) is 7.78. The summed E-state index contributed by atoms with van der Waals surface area (Å²) in [6, 6.07) is 6.93. The molecule has 5 nitrogen and oxygen atoms in total. The number of benzene rings is 1. The van der Waals surface area contributed by atoms with Crippen molar-refractivity contribution in [1.82, 2.24) is 9.71 Å². The molecule has 1 aromatic carbocycles. The quantitative estimate of drug-likeness (QED) is 0.487. The van der Waals surface area contributed by atoms with E-state index in [0.29, 0.717) is 11.1 Å². The van der Waals surface area contributed by atoms with Crippen LogP contribution in [0.15, 0.2) is 30.3 Å². The third-order valence-corrected chi connectivity index (χ3v) is 6.28. The predicted octanol–water partition coefficient (Wildman–Crippen LogP) is 5.04. The molecule has 0 amide bonds. The second-order valence-electron chi connectivity index (χ2n) is 8.26. The summed E-state index contributed by atoms with van der Waals surface area (Å²) in [6.45, 7) is 8.77. The van der Waals surface area contributed by atoms with E-state index in [1.54, 1.807) is 20.8 Å². The zero-order chi connectivity index (χ0) is 23.6. The summed E-state index contributed by atoms with van der Waals surface area (Å²) in [4.78, 5) is 15.7. The molecule has 2 aromatic rings. The van der Waals surface area contributed by atoms with Crippen LogP contribution in [0.1, 0.15) is 55.7 Å². The molecule has 0 aliphatic rings. The van der Waals surface area contributed by atoms with Gasteiger partial charge in [-0.05, 0) is 69.0 Å². The lowest BCUT2D eigenvalue weighted by molar-refractivity contribution is -0.141. The van der Waals surface area contributed by atoms with Crippen molar-refractivity contribution < 1.29 is 27.3 Å². The fourth-order valence-electron chi connectivity index (χ4n) is 3.05. The summed E-state index contributed by atoms with van der Waals surface area (Å²) in [5.41, 5.74) is 1.48. The first kappa shape index (κ1) is 25.2. The highest BCUT2D eigenvalue weighted by Crippen LogP contribution is 2.36. The Morgan fingerprint density at radius 2 is 1.77 bits per heavy atom. The molecule has 2 atom stereocenters. The van der Waals surface area contributed by atoms with E-state index in [0.717, 1.165) is 17.2 Å². The van der Waals surface area contributed by atoms with E-state index in [-0.39, 0.29) is 12.1 Å². The van der Waals surface area contributed by atoms with Crippen LogP contribution in [0.25, 0.3) is 11.1 Å². The zero-order valence-corrected chi connectivity index (χ0v) is 19.2. The number of aromatic nitrogens is 1.